The molecule has 0 saturated heterocycles. The van der Waals surface area contributed by atoms with Crippen molar-refractivity contribution in [2.45, 2.75) is 0 Å². The largest absolute Gasteiger partial charge is 1.00 e. The van der Waals surface area contributed by atoms with Crippen molar-refractivity contribution >= 4 is 33.1 Å². The quantitative estimate of drug-likeness (QED) is 0.508. The van der Waals surface area contributed by atoms with Gasteiger partial charge in [0.1, 0.15) is 0 Å². The second kappa shape index (κ2) is 6.31. The van der Waals surface area contributed by atoms with E-state index in [4.69, 9.17) is 0 Å². The van der Waals surface area contributed by atoms with Crippen LogP contribution in [0.4, 0.5) is 5.69 Å². The predicted molar refractivity (Wildman–Crippen MR) is 64.0 cm³/mol. The molecule has 0 spiro atoms. The second-order valence-corrected chi connectivity index (χ2v) is 4.07. The van der Waals surface area contributed by atoms with Crippen molar-refractivity contribution < 1.29 is 39.5 Å². The Morgan fingerprint density at radius 3 is 2.35 bits per heavy atom. The molecule has 80 valence electrons. The van der Waals surface area contributed by atoms with Crippen LogP contribution in [-0.2, 0) is 4.79 Å². The van der Waals surface area contributed by atoms with Crippen LogP contribution < -0.4 is 34.7 Å². The first kappa shape index (κ1) is 14.4. The normalized spacial score (nSPS) is 13.5. The molecule has 0 saturated carbocycles. The smallest absolute Gasteiger partial charge is 0.872 e. The maximum Gasteiger partial charge on any atom is 1.00 e. The van der Waals surface area contributed by atoms with E-state index in [9.17, 15) is 9.90 Å². The Balaban J connectivity index is 0.00000144. The van der Waals surface area contributed by atoms with E-state index in [0.717, 1.165) is 0 Å². The molecule has 0 bridgehead atoms. The third kappa shape index (κ3) is 3.92. The van der Waals surface area contributed by atoms with Crippen molar-refractivity contribution in [2.24, 2.45) is 4.99 Å². The van der Waals surface area contributed by atoms with Gasteiger partial charge in [0.05, 0.1) is 11.4 Å². The molecule has 3 nitrogen and oxygen atoms in total. The fourth-order valence-corrected chi connectivity index (χ4v) is 1.60. The van der Waals surface area contributed by atoms with Gasteiger partial charge >= 0.3 is 29.6 Å². The Bertz CT molecular complexity index is 517. The van der Waals surface area contributed by atoms with Gasteiger partial charge in [0.2, 0.25) is 0 Å². The monoisotopic (exact) mass is 299 g/mol. The fourth-order valence-electron chi connectivity index (χ4n) is 1.23. The Labute approximate surface area is 129 Å². The Kier molecular flexibility index (Phi) is 5.33. The molecule has 0 heterocycles. The van der Waals surface area contributed by atoms with E-state index >= 15 is 0 Å². The van der Waals surface area contributed by atoms with Crippen molar-refractivity contribution in [3.63, 3.8) is 0 Å². The van der Waals surface area contributed by atoms with Gasteiger partial charge in [-0.1, -0.05) is 27.7 Å². The van der Waals surface area contributed by atoms with Crippen LogP contribution in [0.25, 0.3) is 0 Å². The van der Waals surface area contributed by atoms with Crippen LogP contribution in [0.5, 0.6) is 5.75 Å². The number of allylic oxidation sites excluding steroid dienone is 4. The summed E-state index contributed by atoms with van der Waals surface area (Å²) in [6, 6.07) is 4.73. The van der Waals surface area contributed by atoms with Gasteiger partial charge in [-0.2, -0.15) is 0 Å². The first-order chi connectivity index (χ1) is 7.65. The number of carbonyl (C=O) groups is 1. The van der Waals surface area contributed by atoms with Gasteiger partial charge in [0.25, 0.3) is 0 Å². The molecule has 0 amide bonds. The van der Waals surface area contributed by atoms with Gasteiger partial charge < -0.3 is 5.11 Å². The Morgan fingerprint density at radius 2 is 1.76 bits per heavy atom. The van der Waals surface area contributed by atoms with Crippen molar-refractivity contribution in [3.05, 3.63) is 47.0 Å². The molecular formula is C12H7BrNNaO2. The van der Waals surface area contributed by atoms with Gasteiger partial charge in [0, 0.05) is 4.47 Å². The molecule has 2 rings (SSSR count). The van der Waals surface area contributed by atoms with Crippen LogP contribution in [0.15, 0.2) is 52.0 Å². The van der Waals surface area contributed by atoms with Crippen LogP contribution in [0.3, 0.4) is 0 Å². The summed E-state index contributed by atoms with van der Waals surface area (Å²) >= 11 is 3.15. The van der Waals surface area contributed by atoms with Gasteiger partial charge in [-0.15, -0.1) is 0 Å². The Morgan fingerprint density at radius 1 is 1.12 bits per heavy atom. The van der Waals surface area contributed by atoms with Gasteiger partial charge in [0.15, 0.2) is 5.78 Å². The van der Waals surface area contributed by atoms with E-state index < -0.39 is 0 Å². The number of hydrogen-bond donors (Lipinski definition) is 0. The van der Waals surface area contributed by atoms with Crippen molar-refractivity contribution in [2.75, 3.05) is 0 Å². The van der Waals surface area contributed by atoms with Crippen LogP contribution in [-0.4, -0.2) is 11.5 Å². The number of ketones is 1. The number of nitrogens with zero attached hydrogens (tertiary/aromatic N) is 1. The second-order valence-electron chi connectivity index (χ2n) is 3.22. The maximum atomic E-state index is 11.1. The molecule has 0 aliphatic heterocycles. The summed E-state index contributed by atoms with van der Waals surface area (Å²) in [5.74, 6) is -0.121. The number of benzene rings is 1. The van der Waals surface area contributed by atoms with E-state index in [1.807, 2.05) is 0 Å². The molecule has 17 heavy (non-hydrogen) atoms. The molecule has 5 heteroatoms. The van der Waals surface area contributed by atoms with Crippen LogP contribution in [0.2, 0.25) is 0 Å². The molecule has 1 aliphatic carbocycles. The zero-order valence-corrected chi connectivity index (χ0v) is 12.8. The summed E-state index contributed by atoms with van der Waals surface area (Å²) in [5.41, 5.74) is 1.36. The average Bonchev–Trinajstić information content (AvgIpc) is 2.27. The van der Waals surface area contributed by atoms with Gasteiger partial charge in [-0.25, -0.2) is 4.99 Å². The van der Waals surface area contributed by atoms with E-state index in [2.05, 4.69) is 20.9 Å². The van der Waals surface area contributed by atoms with E-state index in [1.165, 1.54) is 18.2 Å². The molecule has 0 unspecified atom stereocenters. The minimum atomic E-state index is -0.0751. The predicted octanol–water partition coefficient (Wildman–Crippen LogP) is -0.706. The molecule has 0 N–H and O–H groups in total. The molecular weight excluding hydrogens is 293 g/mol. The molecule has 0 radical (unpaired) electrons. The SMILES string of the molecule is O=C1C=CC(=Nc2ccc([O-])c(Br)c2)C=C1.[Na+]. The van der Waals surface area contributed by atoms with E-state index in [1.54, 1.807) is 24.3 Å². The summed E-state index contributed by atoms with van der Waals surface area (Å²) in [6.07, 6.45) is 6.19. The number of halogens is 1. The summed E-state index contributed by atoms with van der Waals surface area (Å²) < 4.78 is 0.481. The number of rotatable bonds is 1. The number of aliphatic imine (C=N–C) groups is 1. The van der Waals surface area contributed by atoms with Crippen LogP contribution in [0.1, 0.15) is 0 Å². The van der Waals surface area contributed by atoms with Crippen molar-refractivity contribution in [3.8, 4) is 5.75 Å². The number of carbonyl (C=O) groups excluding carboxylic acids is 1. The molecule has 0 atom stereocenters. The van der Waals surface area contributed by atoms with Gasteiger partial charge in [-0.3, -0.25) is 4.79 Å². The van der Waals surface area contributed by atoms with Crippen LogP contribution >= 0.6 is 15.9 Å². The van der Waals surface area contributed by atoms with Crippen molar-refractivity contribution in [1.82, 2.24) is 0 Å². The molecule has 0 fully saturated rings. The zero-order valence-electron chi connectivity index (χ0n) is 9.18. The Hall–Kier alpha value is -0.680. The molecule has 0 aromatic heterocycles. The van der Waals surface area contributed by atoms with E-state index in [0.29, 0.717) is 15.9 Å². The number of hydrogen-bond acceptors (Lipinski definition) is 3. The molecule has 1 aromatic carbocycles. The van der Waals surface area contributed by atoms with Gasteiger partial charge in [-0.05, 0) is 36.4 Å². The third-order valence-corrected chi connectivity index (χ3v) is 2.63. The van der Waals surface area contributed by atoms with E-state index in [-0.39, 0.29) is 41.1 Å². The topological polar surface area (TPSA) is 52.5 Å². The zero-order chi connectivity index (χ0) is 11.5. The maximum absolute atomic E-state index is 11.1. The first-order valence-corrected chi connectivity index (χ1v) is 5.40. The first-order valence-electron chi connectivity index (χ1n) is 4.60. The minimum Gasteiger partial charge on any atom is -0.872 e. The van der Waals surface area contributed by atoms with Crippen LogP contribution in [0, 0.1) is 0 Å². The minimum absolute atomic E-state index is 0. The molecule has 1 aromatic rings. The molecule has 1 aliphatic rings. The third-order valence-electron chi connectivity index (χ3n) is 2.01. The summed E-state index contributed by atoms with van der Waals surface area (Å²) in [5, 5.41) is 11.1. The van der Waals surface area contributed by atoms with Crippen molar-refractivity contribution in [1.29, 1.82) is 0 Å². The fraction of sp³-hybridized carbons (Fsp3) is 0. The summed E-state index contributed by atoms with van der Waals surface area (Å²) in [7, 11) is 0. The summed E-state index contributed by atoms with van der Waals surface area (Å²) in [4.78, 5) is 15.2. The summed E-state index contributed by atoms with van der Waals surface area (Å²) in [6.45, 7) is 0. The standard InChI is InChI=1S/C12H8BrNO2.Na/c13-11-7-9(3-6-12(11)16)14-8-1-4-10(15)5-2-8;/h1-7,16H;/q;+1/p-1. The average molecular weight is 300 g/mol.